The number of aromatic nitrogens is 2. The van der Waals surface area contributed by atoms with E-state index in [0.29, 0.717) is 28.0 Å². The molecular formula is C16H15ClN4O3. The largest absolute Gasteiger partial charge is 0.493 e. The summed E-state index contributed by atoms with van der Waals surface area (Å²) in [5, 5.41) is 16.9. The number of fused-ring (bicyclic) bond motifs is 1. The predicted molar refractivity (Wildman–Crippen MR) is 87.2 cm³/mol. The van der Waals surface area contributed by atoms with Crippen molar-refractivity contribution in [3.63, 3.8) is 0 Å². The van der Waals surface area contributed by atoms with E-state index in [1.807, 2.05) is 6.92 Å². The van der Waals surface area contributed by atoms with Crippen LogP contribution in [-0.4, -0.2) is 24.4 Å². The number of nitriles is 1. The van der Waals surface area contributed by atoms with E-state index in [1.54, 1.807) is 12.1 Å². The molecule has 3 rings (SSSR count). The van der Waals surface area contributed by atoms with Crippen molar-refractivity contribution in [2.24, 2.45) is 5.73 Å². The Morgan fingerprint density at radius 1 is 1.33 bits per heavy atom. The minimum atomic E-state index is -0.509. The van der Waals surface area contributed by atoms with Gasteiger partial charge >= 0.3 is 0 Å². The quantitative estimate of drug-likeness (QED) is 0.884. The van der Waals surface area contributed by atoms with Crippen LogP contribution in [0.1, 0.15) is 22.7 Å². The third-order valence-electron chi connectivity index (χ3n) is 3.94. The fourth-order valence-electron chi connectivity index (χ4n) is 2.80. The maximum atomic E-state index is 9.57. The van der Waals surface area contributed by atoms with Gasteiger partial charge in [0, 0.05) is 22.3 Å². The van der Waals surface area contributed by atoms with Crippen LogP contribution in [0.3, 0.4) is 0 Å². The van der Waals surface area contributed by atoms with Gasteiger partial charge in [0.1, 0.15) is 11.6 Å². The van der Waals surface area contributed by atoms with Crippen LogP contribution in [0.25, 0.3) is 0 Å². The number of rotatable bonds is 3. The maximum absolute atomic E-state index is 9.57. The van der Waals surface area contributed by atoms with Crippen LogP contribution < -0.4 is 19.9 Å². The first kappa shape index (κ1) is 16.0. The fraction of sp³-hybridized carbons (Fsp3) is 0.250. The molecule has 0 spiro atoms. The summed E-state index contributed by atoms with van der Waals surface area (Å²) >= 11 is 6.45. The zero-order valence-corrected chi connectivity index (χ0v) is 14.1. The fourth-order valence-corrected chi connectivity index (χ4v) is 3.06. The maximum Gasteiger partial charge on any atom is 0.244 e. The molecule has 124 valence electrons. The Kier molecular flexibility index (Phi) is 3.99. The lowest BCUT2D eigenvalue weighted by Gasteiger charge is -2.25. The van der Waals surface area contributed by atoms with Crippen LogP contribution in [0.4, 0.5) is 0 Å². The summed E-state index contributed by atoms with van der Waals surface area (Å²) in [6.07, 6.45) is 0. The first-order chi connectivity index (χ1) is 11.5. The number of halogens is 1. The van der Waals surface area contributed by atoms with E-state index < -0.39 is 5.92 Å². The van der Waals surface area contributed by atoms with Crippen LogP contribution in [0.2, 0.25) is 5.02 Å². The highest BCUT2D eigenvalue weighted by Gasteiger charge is 2.36. The summed E-state index contributed by atoms with van der Waals surface area (Å²) in [6, 6.07) is 5.49. The van der Waals surface area contributed by atoms with Crippen molar-refractivity contribution in [3.05, 3.63) is 45.4 Å². The van der Waals surface area contributed by atoms with Crippen molar-refractivity contribution in [3.8, 4) is 23.4 Å². The molecule has 3 N–H and O–H groups in total. The molecule has 1 aliphatic rings. The van der Waals surface area contributed by atoms with Crippen molar-refractivity contribution in [2.75, 3.05) is 14.2 Å². The van der Waals surface area contributed by atoms with Crippen molar-refractivity contribution < 1.29 is 14.2 Å². The lowest BCUT2D eigenvalue weighted by Crippen LogP contribution is -2.21. The average molecular weight is 347 g/mol. The Hall–Kier alpha value is -2.85. The molecule has 0 fully saturated rings. The highest BCUT2D eigenvalue weighted by atomic mass is 35.5. The molecule has 1 atom stereocenters. The van der Waals surface area contributed by atoms with Gasteiger partial charge < -0.3 is 19.9 Å². The SMILES string of the molecule is COc1cc(Cl)c([C@H]2C(C#N)=C(N)Oc3n[nH]c(C)c32)cc1OC. The minimum Gasteiger partial charge on any atom is -0.493 e. The summed E-state index contributed by atoms with van der Waals surface area (Å²) in [6.45, 7) is 1.84. The van der Waals surface area contributed by atoms with Gasteiger partial charge in [0.05, 0.1) is 20.1 Å². The summed E-state index contributed by atoms with van der Waals surface area (Å²) in [7, 11) is 3.06. The number of allylic oxidation sites excluding steroid dienone is 1. The van der Waals surface area contributed by atoms with Gasteiger partial charge in [-0.25, -0.2) is 0 Å². The number of hydrogen-bond acceptors (Lipinski definition) is 6. The number of nitrogens with two attached hydrogens (primary N) is 1. The van der Waals surface area contributed by atoms with Gasteiger partial charge in [-0.2, -0.15) is 5.26 Å². The monoisotopic (exact) mass is 346 g/mol. The van der Waals surface area contributed by atoms with E-state index >= 15 is 0 Å². The third-order valence-corrected chi connectivity index (χ3v) is 4.27. The average Bonchev–Trinajstić information content (AvgIpc) is 2.94. The Balaban J connectivity index is 2.28. The summed E-state index contributed by atoms with van der Waals surface area (Å²) < 4.78 is 16.0. The molecule has 24 heavy (non-hydrogen) atoms. The van der Waals surface area contributed by atoms with E-state index in [2.05, 4.69) is 16.3 Å². The van der Waals surface area contributed by atoms with Gasteiger partial charge in [-0.3, -0.25) is 5.10 Å². The van der Waals surface area contributed by atoms with Crippen molar-refractivity contribution >= 4 is 11.6 Å². The number of H-pyrrole nitrogens is 1. The van der Waals surface area contributed by atoms with Crippen LogP contribution in [0.5, 0.6) is 17.4 Å². The van der Waals surface area contributed by atoms with Crippen LogP contribution >= 0.6 is 11.6 Å². The summed E-state index contributed by atoms with van der Waals surface area (Å²) in [5.41, 5.74) is 8.30. The number of hydrogen-bond donors (Lipinski definition) is 2. The molecule has 2 heterocycles. The standard InChI is InChI=1S/C16H15ClN4O3/c1-7-13-14(9(6-18)15(19)24-16(13)21-20-7)8-4-11(22-2)12(23-3)5-10(8)17/h4-5,14H,19H2,1-3H3,(H,20,21)/t14-/m0/s1. The van der Waals surface area contributed by atoms with Gasteiger partial charge in [0.15, 0.2) is 11.5 Å². The molecule has 0 saturated heterocycles. The molecule has 0 aliphatic carbocycles. The topological polar surface area (TPSA) is 106 Å². The van der Waals surface area contributed by atoms with E-state index in [0.717, 1.165) is 11.3 Å². The highest BCUT2D eigenvalue weighted by Crippen LogP contribution is 2.47. The summed E-state index contributed by atoms with van der Waals surface area (Å²) in [4.78, 5) is 0. The van der Waals surface area contributed by atoms with Gasteiger partial charge in [-0.05, 0) is 18.6 Å². The van der Waals surface area contributed by atoms with Gasteiger partial charge in [0.2, 0.25) is 11.8 Å². The molecule has 1 aromatic carbocycles. The van der Waals surface area contributed by atoms with Gasteiger partial charge in [0.25, 0.3) is 0 Å². The lowest BCUT2D eigenvalue weighted by molar-refractivity contribution is 0.354. The molecule has 0 unspecified atom stereocenters. The molecule has 8 heteroatoms. The van der Waals surface area contributed by atoms with E-state index in [4.69, 9.17) is 31.5 Å². The van der Waals surface area contributed by atoms with Gasteiger partial charge in [-0.1, -0.05) is 11.6 Å². The number of methoxy groups -OCH3 is 2. The lowest BCUT2D eigenvalue weighted by atomic mass is 9.84. The highest BCUT2D eigenvalue weighted by molar-refractivity contribution is 6.31. The normalized spacial score (nSPS) is 16.2. The molecule has 2 aromatic rings. The van der Waals surface area contributed by atoms with Crippen LogP contribution in [-0.2, 0) is 0 Å². The van der Waals surface area contributed by atoms with Crippen molar-refractivity contribution in [1.29, 1.82) is 5.26 Å². The number of nitrogens with one attached hydrogen (secondary N) is 1. The molecule has 1 aliphatic heterocycles. The Morgan fingerprint density at radius 3 is 2.62 bits per heavy atom. The molecule has 0 bridgehead atoms. The minimum absolute atomic E-state index is 0.00681. The van der Waals surface area contributed by atoms with Crippen molar-refractivity contribution in [2.45, 2.75) is 12.8 Å². The summed E-state index contributed by atoms with van der Waals surface area (Å²) in [5.74, 6) is 0.830. The smallest absolute Gasteiger partial charge is 0.244 e. The molecule has 1 aromatic heterocycles. The number of ether oxygens (including phenoxy) is 3. The first-order valence-electron chi connectivity index (χ1n) is 7.05. The van der Waals surface area contributed by atoms with Crippen molar-refractivity contribution in [1.82, 2.24) is 10.2 Å². The second kappa shape index (κ2) is 5.98. The van der Waals surface area contributed by atoms with Crippen LogP contribution in [0.15, 0.2) is 23.6 Å². The molecule has 7 nitrogen and oxygen atoms in total. The third kappa shape index (κ3) is 2.32. The van der Waals surface area contributed by atoms with Crippen LogP contribution in [0, 0.1) is 18.3 Å². The number of nitrogens with zero attached hydrogens (tertiary/aromatic N) is 2. The van der Waals surface area contributed by atoms with E-state index in [-0.39, 0.29) is 11.5 Å². The Bertz CT molecular complexity index is 882. The van der Waals surface area contributed by atoms with E-state index in [9.17, 15) is 5.26 Å². The second-order valence-electron chi connectivity index (χ2n) is 5.22. The number of aryl methyl sites for hydroxylation is 1. The molecular weight excluding hydrogens is 332 g/mol. The first-order valence-corrected chi connectivity index (χ1v) is 7.43. The zero-order valence-electron chi connectivity index (χ0n) is 13.3. The number of aromatic amines is 1. The number of benzene rings is 1. The Morgan fingerprint density at radius 2 is 2.00 bits per heavy atom. The van der Waals surface area contributed by atoms with E-state index in [1.165, 1.54) is 14.2 Å². The molecule has 0 amide bonds. The predicted octanol–water partition coefficient (Wildman–Crippen LogP) is 2.61. The molecule has 0 saturated carbocycles. The molecule has 0 radical (unpaired) electrons. The zero-order chi connectivity index (χ0) is 17.4. The Labute approximate surface area is 143 Å². The van der Waals surface area contributed by atoms with Gasteiger partial charge in [-0.15, -0.1) is 5.10 Å². The second-order valence-corrected chi connectivity index (χ2v) is 5.63.